The molecule has 1 aliphatic rings. The van der Waals surface area contributed by atoms with Crippen LogP contribution in [0.4, 0.5) is 0 Å². The maximum atomic E-state index is 12.6. The number of likely N-dealkylation sites (tertiary alicyclic amines) is 1. The third-order valence-electron chi connectivity index (χ3n) is 4.13. The third-order valence-corrected chi connectivity index (χ3v) is 4.99. The molecule has 1 aromatic carbocycles. The van der Waals surface area contributed by atoms with Crippen LogP contribution in [-0.2, 0) is 4.79 Å². The highest BCUT2D eigenvalue weighted by Crippen LogP contribution is 2.27. The Labute approximate surface area is 139 Å². The summed E-state index contributed by atoms with van der Waals surface area (Å²) >= 11 is 1.40. The minimum Gasteiger partial charge on any atom is -0.424 e. The molecule has 0 radical (unpaired) electrons. The van der Waals surface area contributed by atoms with Gasteiger partial charge in [-0.05, 0) is 49.3 Å². The molecule has 4 nitrogen and oxygen atoms in total. The summed E-state index contributed by atoms with van der Waals surface area (Å²) in [6.45, 7) is 4.43. The molecule has 0 bridgehead atoms. The maximum Gasteiger partial charge on any atom is 0.334 e. The number of carbonyl (C=O) groups is 2. The second-order valence-corrected chi connectivity index (χ2v) is 6.72. The van der Waals surface area contributed by atoms with Crippen LogP contribution in [0.15, 0.2) is 35.7 Å². The largest absolute Gasteiger partial charge is 0.424 e. The average molecular weight is 329 g/mol. The van der Waals surface area contributed by atoms with Gasteiger partial charge < -0.3 is 9.64 Å². The van der Waals surface area contributed by atoms with E-state index in [1.54, 1.807) is 11.0 Å². The van der Waals surface area contributed by atoms with E-state index in [9.17, 15) is 9.59 Å². The number of hydrogen-bond acceptors (Lipinski definition) is 4. The van der Waals surface area contributed by atoms with Crippen LogP contribution >= 0.6 is 11.3 Å². The van der Waals surface area contributed by atoms with Crippen molar-refractivity contribution in [2.24, 2.45) is 0 Å². The molecule has 1 amide bonds. The number of aryl methyl sites for hydroxylation is 2. The zero-order valence-electron chi connectivity index (χ0n) is 13.2. The molecule has 5 heteroatoms. The molecule has 1 fully saturated rings. The fraction of sp³-hybridized carbons (Fsp3) is 0.333. The van der Waals surface area contributed by atoms with Crippen molar-refractivity contribution in [2.45, 2.75) is 32.7 Å². The second kappa shape index (κ2) is 6.54. The number of nitrogens with zero attached hydrogens (tertiary/aromatic N) is 1. The Balaban J connectivity index is 1.77. The normalized spacial score (nSPS) is 17.3. The van der Waals surface area contributed by atoms with Gasteiger partial charge in [0.05, 0.1) is 4.88 Å². The van der Waals surface area contributed by atoms with Gasteiger partial charge in [0.2, 0.25) is 0 Å². The first-order valence-corrected chi connectivity index (χ1v) is 8.58. The summed E-state index contributed by atoms with van der Waals surface area (Å²) in [6, 6.07) is 8.91. The van der Waals surface area contributed by atoms with Gasteiger partial charge in [0.15, 0.2) is 0 Å². The number of para-hydroxylation sites is 1. The van der Waals surface area contributed by atoms with Gasteiger partial charge in [0, 0.05) is 6.54 Å². The van der Waals surface area contributed by atoms with Crippen molar-refractivity contribution in [1.29, 1.82) is 0 Å². The van der Waals surface area contributed by atoms with Crippen molar-refractivity contribution in [3.05, 3.63) is 51.7 Å². The van der Waals surface area contributed by atoms with Crippen molar-refractivity contribution in [1.82, 2.24) is 4.90 Å². The minimum atomic E-state index is -0.497. The second-order valence-electron chi connectivity index (χ2n) is 5.78. The first-order valence-electron chi connectivity index (χ1n) is 7.70. The van der Waals surface area contributed by atoms with Crippen LogP contribution < -0.4 is 4.74 Å². The van der Waals surface area contributed by atoms with E-state index in [4.69, 9.17) is 4.74 Å². The monoisotopic (exact) mass is 329 g/mol. The van der Waals surface area contributed by atoms with Crippen molar-refractivity contribution in [2.75, 3.05) is 6.54 Å². The van der Waals surface area contributed by atoms with E-state index in [1.165, 1.54) is 11.3 Å². The summed E-state index contributed by atoms with van der Waals surface area (Å²) in [4.78, 5) is 27.4. The van der Waals surface area contributed by atoms with Gasteiger partial charge in [-0.1, -0.05) is 24.3 Å². The predicted octanol–water partition coefficient (Wildman–Crippen LogP) is 3.58. The van der Waals surface area contributed by atoms with Crippen molar-refractivity contribution in [3.63, 3.8) is 0 Å². The SMILES string of the molecule is Cc1cccc(C)c1OC(=O)[C@@H]1CCCN1C(=O)c1cccs1. The number of thiophene rings is 1. The number of rotatable bonds is 3. The number of benzene rings is 1. The lowest BCUT2D eigenvalue weighted by atomic mass is 10.1. The molecule has 1 atom stereocenters. The Morgan fingerprint density at radius 1 is 1.17 bits per heavy atom. The molecule has 0 N–H and O–H groups in total. The van der Waals surface area contributed by atoms with E-state index in [1.807, 2.05) is 43.5 Å². The van der Waals surface area contributed by atoms with Gasteiger partial charge in [-0.25, -0.2) is 4.79 Å². The maximum absolute atomic E-state index is 12.6. The molecular weight excluding hydrogens is 310 g/mol. The summed E-state index contributed by atoms with van der Waals surface area (Å²) in [5.41, 5.74) is 1.85. The first kappa shape index (κ1) is 15.7. The quantitative estimate of drug-likeness (QED) is 0.639. The van der Waals surface area contributed by atoms with Gasteiger partial charge in [-0.3, -0.25) is 4.79 Å². The van der Waals surface area contributed by atoms with Crippen LogP contribution in [0.5, 0.6) is 5.75 Å². The summed E-state index contributed by atoms with van der Waals surface area (Å²) in [5, 5.41) is 1.87. The standard InChI is InChI=1S/C18H19NO3S/c1-12-6-3-7-13(2)16(12)22-18(21)14-8-4-10-19(14)17(20)15-9-5-11-23-15/h3,5-7,9,11,14H,4,8,10H2,1-2H3/t14-/m0/s1. The number of hydrogen-bond donors (Lipinski definition) is 0. The molecular formula is C18H19NO3S. The molecule has 1 aliphatic heterocycles. The summed E-state index contributed by atoms with van der Waals surface area (Å²) in [5.74, 6) is 0.179. The lowest BCUT2D eigenvalue weighted by Gasteiger charge is -2.23. The van der Waals surface area contributed by atoms with Crippen molar-refractivity contribution in [3.8, 4) is 5.75 Å². The fourth-order valence-corrected chi connectivity index (χ4v) is 3.60. The molecule has 2 heterocycles. The number of esters is 1. The Hall–Kier alpha value is -2.14. The molecule has 0 aliphatic carbocycles. The minimum absolute atomic E-state index is 0.0824. The van der Waals surface area contributed by atoms with Gasteiger partial charge in [-0.15, -0.1) is 11.3 Å². The Morgan fingerprint density at radius 2 is 1.91 bits per heavy atom. The van der Waals surface area contributed by atoms with E-state index in [0.717, 1.165) is 17.5 Å². The lowest BCUT2D eigenvalue weighted by molar-refractivity contribution is -0.138. The van der Waals surface area contributed by atoms with E-state index in [2.05, 4.69) is 0 Å². The van der Waals surface area contributed by atoms with Crippen LogP contribution in [0, 0.1) is 13.8 Å². The fourth-order valence-electron chi connectivity index (χ4n) is 2.93. The Kier molecular flexibility index (Phi) is 4.48. The summed E-state index contributed by atoms with van der Waals surface area (Å²) in [6.07, 6.45) is 1.48. The van der Waals surface area contributed by atoms with Crippen LogP contribution in [0.2, 0.25) is 0 Å². The van der Waals surface area contributed by atoms with Gasteiger partial charge in [0.25, 0.3) is 5.91 Å². The molecule has 0 saturated carbocycles. The van der Waals surface area contributed by atoms with Gasteiger partial charge >= 0.3 is 5.97 Å². The highest BCUT2D eigenvalue weighted by molar-refractivity contribution is 7.12. The first-order chi connectivity index (χ1) is 11.1. The number of amides is 1. The average Bonchev–Trinajstić information content (AvgIpc) is 3.20. The Bertz CT molecular complexity index is 704. The van der Waals surface area contributed by atoms with Crippen LogP contribution in [-0.4, -0.2) is 29.4 Å². The number of carbonyl (C=O) groups excluding carboxylic acids is 2. The molecule has 23 heavy (non-hydrogen) atoms. The lowest BCUT2D eigenvalue weighted by Crippen LogP contribution is -2.42. The molecule has 1 saturated heterocycles. The van der Waals surface area contributed by atoms with Crippen LogP contribution in [0.3, 0.4) is 0 Å². The molecule has 0 unspecified atom stereocenters. The van der Waals surface area contributed by atoms with Crippen LogP contribution in [0.25, 0.3) is 0 Å². The van der Waals surface area contributed by atoms with Crippen LogP contribution in [0.1, 0.15) is 33.6 Å². The summed E-state index contributed by atoms with van der Waals surface area (Å²) in [7, 11) is 0. The highest BCUT2D eigenvalue weighted by atomic mass is 32.1. The van der Waals surface area contributed by atoms with Gasteiger partial charge in [-0.2, -0.15) is 0 Å². The smallest absolute Gasteiger partial charge is 0.334 e. The summed E-state index contributed by atoms with van der Waals surface area (Å²) < 4.78 is 5.63. The van der Waals surface area contributed by atoms with Crippen molar-refractivity contribution >= 4 is 23.2 Å². The zero-order valence-corrected chi connectivity index (χ0v) is 14.1. The topological polar surface area (TPSA) is 46.6 Å². The van der Waals surface area contributed by atoms with E-state index in [0.29, 0.717) is 23.6 Å². The van der Waals surface area contributed by atoms with Crippen molar-refractivity contribution < 1.29 is 14.3 Å². The number of ether oxygens (including phenoxy) is 1. The van der Waals surface area contributed by atoms with E-state index >= 15 is 0 Å². The Morgan fingerprint density at radius 3 is 2.57 bits per heavy atom. The zero-order chi connectivity index (χ0) is 16.4. The van der Waals surface area contributed by atoms with E-state index in [-0.39, 0.29) is 11.9 Å². The predicted molar refractivity (Wildman–Crippen MR) is 89.9 cm³/mol. The molecule has 2 aromatic rings. The highest BCUT2D eigenvalue weighted by Gasteiger charge is 2.36. The van der Waals surface area contributed by atoms with E-state index < -0.39 is 6.04 Å². The molecule has 1 aromatic heterocycles. The third kappa shape index (κ3) is 3.15. The van der Waals surface area contributed by atoms with Gasteiger partial charge in [0.1, 0.15) is 11.8 Å². The molecule has 3 rings (SSSR count). The molecule has 120 valence electrons. The molecule has 0 spiro atoms.